The molecule has 0 bridgehead atoms. The van der Waals surface area contributed by atoms with Crippen molar-refractivity contribution < 1.29 is 71.1 Å². The maximum Gasteiger partial charge on any atom is 0.511 e. The number of rotatable bonds is 9. The van der Waals surface area contributed by atoms with Crippen molar-refractivity contribution in [2.24, 2.45) is 5.41 Å². The molecule has 38 heavy (non-hydrogen) atoms. The van der Waals surface area contributed by atoms with Crippen molar-refractivity contribution in [3.63, 3.8) is 0 Å². The van der Waals surface area contributed by atoms with Crippen LogP contribution in [0.15, 0.2) is 22.6 Å². The van der Waals surface area contributed by atoms with Crippen molar-refractivity contribution in [2.75, 3.05) is 20.0 Å². The summed E-state index contributed by atoms with van der Waals surface area (Å²) in [6.45, 7) is 1.30. The molecule has 0 amide bonds. The number of carbonyl (C=O) groups excluding carboxylic acids is 2. The van der Waals surface area contributed by atoms with Gasteiger partial charge in [0.05, 0.1) is 5.57 Å². The van der Waals surface area contributed by atoms with Gasteiger partial charge in [0.1, 0.15) is 23.9 Å². The van der Waals surface area contributed by atoms with Crippen LogP contribution < -0.4 is 4.74 Å². The van der Waals surface area contributed by atoms with Crippen LogP contribution in [0.3, 0.4) is 0 Å². The molecule has 1 aliphatic rings. The Hall–Kier alpha value is -3.51. The van der Waals surface area contributed by atoms with E-state index in [9.17, 15) is 52.3 Å². The SMILES string of the molecule is Cc1cc(S(F)(F)(F)(F)F)cc2c1OC(C(F)(F)F)C(C(=O)OCOC(=O)OCC(C)(C)CO[N+](=O)[O-])=C2. The molecule has 1 atom stereocenters. The number of halogens is 8. The smallest absolute Gasteiger partial charge is 0.475 e. The molecule has 1 aromatic carbocycles. The van der Waals surface area contributed by atoms with Gasteiger partial charge in [-0.3, -0.25) is 0 Å². The molecule has 0 spiro atoms. The second kappa shape index (κ2) is 9.35. The molecule has 216 valence electrons. The lowest BCUT2D eigenvalue weighted by molar-refractivity contribution is -0.760. The van der Waals surface area contributed by atoms with Crippen LogP contribution in [-0.4, -0.2) is 49.5 Å². The second-order valence-corrected chi connectivity index (χ2v) is 11.1. The molecule has 1 aromatic rings. The molecule has 2 rings (SSSR count). The van der Waals surface area contributed by atoms with Crippen molar-refractivity contribution in [3.05, 3.63) is 38.9 Å². The summed E-state index contributed by atoms with van der Waals surface area (Å²) in [5.41, 5.74) is -4.10. The Morgan fingerprint density at radius 3 is 2.18 bits per heavy atom. The van der Waals surface area contributed by atoms with Crippen LogP contribution in [0.25, 0.3) is 6.08 Å². The first-order chi connectivity index (χ1) is 16.9. The van der Waals surface area contributed by atoms with Crippen LogP contribution in [0, 0.1) is 22.5 Å². The predicted octanol–water partition coefficient (Wildman–Crippen LogP) is 6.25. The highest BCUT2D eigenvalue weighted by molar-refractivity contribution is 8.45. The van der Waals surface area contributed by atoms with Crippen LogP contribution in [0.1, 0.15) is 25.0 Å². The van der Waals surface area contributed by atoms with E-state index in [2.05, 4.69) is 23.8 Å². The topological polar surface area (TPSA) is 123 Å². The Kier molecular flexibility index (Phi) is 7.56. The maximum absolute atomic E-state index is 13.5. The molecule has 0 saturated carbocycles. The minimum absolute atomic E-state index is 0.0742. The lowest BCUT2D eigenvalue weighted by atomic mass is 9.97. The van der Waals surface area contributed by atoms with Crippen LogP contribution in [0.4, 0.5) is 37.4 Å². The predicted molar refractivity (Wildman–Crippen MR) is 111 cm³/mol. The zero-order valence-corrected chi connectivity index (χ0v) is 20.3. The number of benzene rings is 1. The molecular weight excluding hydrogens is 570 g/mol. The molecule has 0 aliphatic carbocycles. The third-order valence-electron chi connectivity index (χ3n) is 4.59. The first-order valence-electron chi connectivity index (χ1n) is 9.97. The number of fused-ring (bicyclic) bond motifs is 1. The average Bonchev–Trinajstić information content (AvgIpc) is 2.73. The number of hydrogen-bond donors (Lipinski definition) is 0. The van der Waals surface area contributed by atoms with E-state index in [4.69, 9.17) is 0 Å². The first-order valence-corrected chi connectivity index (χ1v) is 11.9. The van der Waals surface area contributed by atoms with Gasteiger partial charge in [-0.1, -0.05) is 33.3 Å². The fraction of sp³-hybridized carbons (Fsp3) is 0.474. The third-order valence-corrected chi connectivity index (χ3v) is 5.72. The van der Waals surface area contributed by atoms with E-state index < -0.39 is 92.5 Å². The van der Waals surface area contributed by atoms with E-state index >= 15 is 0 Å². The van der Waals surface area contributed by atoms with Gasteiger partial charge in [-0.15, -0.1) is 10.1 Å². The fourth-order valence-electron chi connectivity index (χ4n) is 2.87. The molecule has 0 fully saturated rings. The monoisotopic (exact) mass is 589 g/mol. The van der Waals surface area contributed by atoms with Crippen molar-refractivity contribution in [3.8, 4) is 5.75 Å². The summed E-state index contributed by atoms with van der Waals surface area (Å²) < 4.78 is 125. The van der Waals surface area contributed by atoms with Gasteiger partial charge < -0.3 is 23.8 Å². The van der Waals surface area contributed by atoms with Crippen LogP contribution in [0.2, 0.25) is 0 Å². The highest BCUT2D eigenvalue weighted by Gasteiger charge is 2.65. The van der Waals surface area contributed by atoms with E-state index in [1.807, 2.05) is 0 Å². The number of aryl methyl sites for hydroxylation is 1. The standard InChI is InChI=1S/C19H19F8NO9S/c1-10-4-12(38(23,24,25,26)27)5-11-6-13(15(19(20,21)22)37-14(10)11)16(29)34-9-35-17(30)33-7-18(2,3)8-36-28(31)32/h4-6,15H,7-9H2,1-3H3. The van der Waals surface area contributed by atoms with Crippen molar-refractivity contribution in [1.82, 2.24) is 0 Å². The summed E-state index contributed by atoms with van der Waals surface area (Å²) in [4.78, 5) is 35.8. The number of carbonyl (C=O) groups is 2. The van der Waals surface area contributed by atoms with Crippen molar-refractivity contribution >= 4 is 28.4 Å². The molecule has 1 heterocycles. The van der Waals surface area contributed by atoms with Gasteiger partial charge in [-0.05, 0) is 30.7 Å². The van der Waals surface area contributed by atoms with E-state index in [1.165, 1.54) is 13.8 Å². The molecular formula is C19H19F8NO9S. The molecule has 0 saturated heterocycles. The van der Waals surface area contributed by atoms with E-state index in [0.29, 0.717) is 0 Å². The van der Waals surface area contributed by atoms with Crippen molar-refractivity contribution in [1.29, 1.82) is 0 Å². The molecule has 10 nitrogen and oxygen atoms in total. The van der Waals surface area contributed by atoms with Gasteiger partial charge in [0.15, 0.2) is 0 Å². The Labute approximate surface area is 208 Å². The molecule has 1 aliphatic heterocycles. The quantitative estimate of drug-likeness (QED) is 0.108. The summed E-state index contributed by atoms with van der Waals surface area (Å²) in [5.74, 6) is -2.68. The highest BCUT2D eigenvalue weighted by Crippen LogP contribution is 3.02. The van der Waals surface area contributed by atoms with Crippen molar-refractivity contribution in [2.45, 2.75) is 37.9 Å². The lowest BCUT2D eigenvalue weighted by Crippen LogP contribution is -2.41. The van der Waals surface area contributed by atoms with E-state index in [-0.39, 0.29) is 18.2 Å². The van der Waals surface area contributed by atoms with Gasteiger partial charge in [0.25, 0.3) is 5.09 Å². The van der Waals surface area contributed by atoms with Gasteiger partial charge in [0, 0.05) is 11.0 Å². The Bertz CT molecular complexity index is 1170. The Morgan fingerprint density at radius 2 is 1.66 bits per heavy atom. The molecule has 1 unspecified atom stereocenters. The largest absolute Gasteiger partial charge is 0.511 e. The zero-order chi connectivity index (χ0) is 29.4. The number of ether oxygens (including phenoxy) is 4. The molecule has 0 N–H and O–H groups in total. The maximum atomic E-state index is 13.5. The van der Waals surface area contributed by atoms with Crippen LogP contribution in [-0.2, 0) is 23.8 Å². The molecule has 0 radical (unpaired) electrons. The minimum Gasteiger partial charge on any atom is -0.475 e. The fourth-order valence-corrected chi connectivity index (χ4v) is 3.62. The summed E-state index contributed by atoms with van der Waals surface area (Å²) in [5, 5.41) is 9.13. The van der Waals surface area contributed by atoms with E-state index in [0.717, 1.165) is 6.92 Å². The lowest BCUT2D eigenvalue weighted by Gasteiger charge is -2.41. The van der Waals surface area contributed by atoms with Gasteiger partial charge in [0.2, 0.25) is 12.9 Å². The normalized spacial score (nSPS) is 17.6. The minimum atomic E-state index is -10.3. The van der Waals surface area contributed by atoms with E-state index in [1.54, 1.807) is 0 Å². The Morgan fingerprint density at radius 1 is 1.05 bits per heavy atom. The molecule has 19 heteroatoms. The second-order valence-electron chi connectivity index (χ2n) is 8.66. The zero-order valence-electron chi connectivity index (χ0n) is 19.5. The average molecular weight is 589 g/mol. The van der Waals surface area contributed by atoms with Gasteiger partial charge in [-0.2, -0.15) is 13.2 Å². The number of hydrogen-bond acceptors (Lipinski definition) is 9. The highest BCUT2D eigenvalue weighted by atomic mass is 32.5. The summed E-state index contributed by atoms with van der Waals surface area (Å²) in [7, 11) is -10.3. The summed E-state index contributed by atoms with van der Waals surface area (Å²) in [6, 6.07) is -0.239. The van der Waals surface area contributed by atoms with Crippen LogP contribution in [0.5, 0.6) is 5.75 Å². The summed E-state index contributed by atoms with van der Waals surface area (Å²) >= 11 is 0. The number of esters is 1. The number of alkyl halides is 3. The Balaban J connectivity index is 2.18. The van der Waals surface area contributed by atoms with Gasteiger partial charge in [-0.25, -0.2) is 9.59 Å². The number of nitrogens with zero attached hydrogens (tertiary/aromatic N) is 1. The molecule has 0 aromatic heterocycles. The van der Waals surface area contributed by atoms with Gasteiger partial charge >= 0.3 is 28.5 Å². The third kappa shape index (κ3) is 8.25. The summed E-state index contributed by atoms with van der Waals surface area (Å²) in [6.07, 6.45) is -9.61. The van der Waals surface area contributed by atoms with Crippen LogP contribution >= 0.6 is 10.2 Å². The first kappa shape index (κ1) is 30.7.